The van der Waals surface area contributed by atoms with Gasteiger partial charge in [0, 0.05) is 22.7 Å². The highest BCUT2D eigenvalue weighted by atomic mass is 16.1. The smallest absolute Gasteiger partial charge is 0.256 e. The van der Waals surface area contributed by atoms with Crippen LogP contribution in [0.1, 0.15) is 16.1 Å². The van der Waals surface area contributed by atoms with Crippen LogP contribution in [-0.4, -0.2) is 15.9 Å². The Hall–Kier alpha value is -3.27. The zero-order chi connectivity index (χ0) is 16.5. The number of rotatable bonds is 2. The van der Waals surface area contributed by atoms with Crippen molar-refractivity contribution in [3.63, 3.8) is 0 Å². The van der Waals surface area contributed by atoms with E-state index < -0.39 is 0 Å². The van der Waals surface area contributed by atoms with Gasteiger partial charge in [-0.2, -0.15) is 0 Å². The summed E-state index contributed by atoms with van der Waals surface area (Å²) in [5.41, 5.74) is 3.87. The van der Waals surface area contributed by atoms with Gasteiger partial charge < -0.3 is 5.32 Å². The average molecular weight is 313 g/mol. The van der Waals surface area contributed by atoms with Crippen LogP contribution in [0.3, 0.4) is 0 Å². The van der Waals surface area contributed by atoms with Gasteiger partial charge in [-0.15, -0.1) is 0 Å². The molecule has 0 saturated heterocycles. The lowest BCUT2D eigenvalue weighted by atomic mass is 10.1. The number of hydrogen-bond acceptors (Lipinski definition) is 3. The predicted octanol–water partition coefficient (Wildman–Crippen LogP) is 4.34. The molecule has 2 aromatic carbocycles. The number of hydrogen-bond donors (Lipinski definition) is 1. The van der Waals surface area contributed by atoms with Crippen LogP contribution >= 0.6 is 0 Å². The molecule has 1 amide bonds. The highest BCUT2D eigenvalue weighted by molar-refractivity contribution is 6.14. The van der Waals surface area contributed by atoms with Crippen LogP contribution in [0, 0.1) is 6.92 Å². The highest BCUT2D eigenvalue weighted by Crippen LogP contribution is 2.24. The van der Waals surface area contributed by atoms with E-state index in [4.69, 9.17) is 0 Å². The summed E-state index contributed by atoms with van der Waals surface area (Å²) in [4.78, 5) is 21.7. The number of carbonyl (C=O) groups excluding carboxylic acids is 1. The van der Waals surface area contributed by atoms with E-state index in [1.807, 2.05) is 67.6 Å². The molecule has 4 aromatic rings. The minimum atomic E-state index is -0.145. The zero-order valence-corrected chi connectivity index (χ0v) is 13.2. The molecule has 0 radical (unpaired) electrons. The van der Waals surface area contributed by atoms with Crippen LogP contribution in [0.25, 0.3) is 21.8 Å². The van der Waals surface area contributed by atoms with E-state index in [0.29, 0.717) is 5.56 Å². The maximum absolute atomic E-state index is 12.9. The molecule has 24 heavy (non-hydrogen) atoms. The van der Waals surface area contributed by atoms with Crippen molar-refractivity contribution in [1.82, 2.24) is 9.97 Å². The normalized spacial score (nSPS) is 10.9. The number of para-hydroxylation sites is 2. The van der Waals surface area contributed by atoms with Crippen molar-refractivity contribution in [1.29, 1.82) is 0 Å². The van der Waals surface area contributed by atoms with Gasteiger partial charge in [0.25, 0.3) is 5.91 Å². The van der Waals surface area contributed by atoms with Crippen LogP contribution in [0.15, 0.2) is 66.9 Å². The fraction of sp³-hybridized carbons (Fsp3) is 0.0500. The first-order chi connectivity index (χ1) is 11.7. The summed E-state index contributed by atoms with van der Waals surface area (Å²) >= 11 is 0. The fourth-order valence-electron chi connectivity index (χ4n) is 2.89. The molecule has 4 heteroatoms. The third-order valence-corrected chi connectivity index (χ3v) is 3.99. The monoisotopic (exact) mass is 313 g/mol. The zero-order valence-electron chi connectivity index (χ0n) is 13.2. The lowest BCUT2D eigenvalue weighted by Gasteiger charge is -2.10. The SMILES string of the molecule is Cc1cc(C(=O)Nc2ccnc3ccccc23)c2ccccc2n1. The molecule has 0 unspecified atom stereocenters. The van der Waals surface area contributed by atoms with Gasteiger partial charge in [0.1, 0.15) is 0 Å². The molecule has 0 aliphatic carbocycles. The summed E-state index contributed by atoms with van der Waals surface area (Å²) in [6.45, 7) is 1.89. The number of aromatic nitrogens is 2. The third-order valence-electron chi connectivity index (χ3n) is 3.99. The van der Waals surface area contributed by atoms with Gasteiger partial charge in [0.2, 0.25) is 0 Å². The van der Waals surface area contributed by atoms with E-state index in [1.54, 1.807) is 6.20 Å². The lowest BCUT2D eigenvalue weighted by Crippen LogP contribution is -2.13. The Morgan fingerprint density at radius 3 is 2.46 bits per heavy atom. The lowest BCUT2D eigenvalue weighted by molar-refractivity contribution is 0.102. The molecule has 0 bridgehead atoms. The maximum atomic E-state index is 12.9. The van der Waals surface area contributed by atoms with Crippen LogP contribution in [0.4, 0.5) is 5.69 Å². The highest BCUT2D eigenvalue weighted by Gasteiger charge is 2.13. The molecule has 0 aliphatic heterocycles. The van der Waals surface area contributed by atoms with Crippen molar-refractivity contribution in [3.8, 4) is 0 Å². The van der Waals surface area contributed by atoms with Crippen LogP contribution in [0.2, 0.25) is 0 Å². The summed E-state index contributed by atoms with van der Waals surface area (Å²) in [5.74, 6) is -0.145. The molecule has 2 heterocycles. The Kier molecular flexibility index (Phi) is 3.43. The average Bonchev–Trinajstić information content (AvgIpc) is 2.61. The van der Waals surface area contributed by atoms with E-state index in [-0.39, 0.29) is 5.91 Å². The van der Waals surface area contributed by atoms with Gasteiger partial charge in [0.15, 0.2) is 0 Å². The number of aryl methyl sites for hydroxylation is 1. The number of nitrogens with one attached hydrogen (secondary N) is 1. The van der Waals surface area contributed by atoms with Crippen molar-refractivity contribution >= 4 is 33.4 Å². The van der Waals surface area contributed by atoms with E-state index in [9.17, 15) is 4.79 Å². The van der Waals surface area contributed by atoms with Crippen molar-refractivity contribution < 1.29 is 4.79 Å². The second-order valence-corrected chi connectivity index (χ2v) is 5.66. The number of fused-ring (bicyclic) bond motifs is 2. The van der Waals surface area contributed by atoms with Gasteiger partial charge in [-0.05, 0) is 31.2 Å². The summed E-state index contributed by atoms with van der Waals surface area (Å²) in [7, 11) is 0. The molecule has 0 atom stereocenters. The van der Waals surface area contributed by atoms with E-state index in [2.05, 4.69) is 15.3 Å². The van der Waals surface area contributed by atoms with Gasteiger partial charge in [-0.3, -0.25) is 14.8 Å². The molecule has 2 aromatic heterocycles. The standard InChI is InChI=1S/C20H15N3O/c1-13-12-16(14-6-2-5-9-18(14)22-13)20(24)23-19-10-11-21-17-8-4-3-7-15(17)19/h2-12H,1H3,(H,21,23,24). The summed E-state index contributed by atoms with van der Waals surface area (Å²) < 4.78 is 0. The molecular formula is C20H15N3O. The summed E-state index contributed by atoms with van der Waals surface area (Å²) in [6, 6.07) is 19.1. The van der Waals surface area contributed by atoms with Crippen molar-refractivity contribution in [3.05, 3.63) is 78.1 Å². The fourth-order valence-corrected chi connectivity index (χ4v) is 2.89. The number of pyridine rings is 2. The Morgan fingerprint density at radius 2 is 1.62 bits per heavy atom. The molecule has 4 rings (SSSR count). The first kappa shape index (κ1) is 14.3. The number of carbonyl (C=O) groups is 1. The Morgan fingerprint density at radius 1 is 0.917 bits per heavy atom. The number of anilines is 1. The topological polar surface area (TPSA) is 54.9 Å². The largest absolute Gasteiger partial charge is 0.321 e. The van der Waals surface area contributed by atoms with Gasteiger partial charge in [-0.1, -0.05) is 36.4 Å². The van der Waals surface area contributed by atoms with E-state index in [1.165, 1.54) is 0 Å². The Labute approximate surface area is 139 Å². The van der Waals surface area contributed by atoms with Crippen molar-refractivity contribution in [2.75, 3.05) is 5.32 Å². The van der Waals surface area contributed by atoms with Gasteiger partial charge >= 0.3 is 0 Å². The third kappa shape index (κ3) is 2.48. The van der Waals surface area contributed by atoms with Crippen LogP contribution in [-0.2, 0) is 0 Å². The minimum Gasteiger partial charge on any atom is -0.321 e. The predicted molar refractivity (Wildman–Crippen MR) is 96.2 cm³/mol. The molecular weight excluding hydrogens is 298 g/mol. The minimum absolute atomic E-state index is 0.145. The van der Waals surface area contributed by atoms with E-state index in [0.717, 1.165) is 33.2 Å². The maximum Gasteiger partial charge on any atom is 0.256 e. The number of amides is 1. The van der Waals surface area contributed by atoms with Crippen LogP contribution in [0.5, 0.6) is 0 Å². The Bertz CT molecular complexity index is 1070. The summed E-state index contributed by atoms with van der Waals surface area (Å²) in [5, 5.41) is 4.78. The second kappa shape index (κ2) is 5.74. The quantitative estimate of drug-likeness (QED) is 0.599. The van der Waals surface area contributed by atoms with Crippen molar-refractivity contribution in [2.45, 2.75) is 6.92 Å². The second-order valence-electron chi connectivity index (χ2n) is 5.66. The molecule has 1 N–H and O–H groups in total. The van der Waals surface area contributed by atoms with Crippen LogP contribution < -0.4 is 5.32 Å². The molecule has 0 spiro atoms. The number of nitrogens with zero attached hydrogens (tertiary/aromatic N) is 2. The van der Waals surface area contributed by atoms with Gasteiger partial charge in [0.05, 0.1) is 22.3 Å². The molecule has 4 nitrogen and oxygen atoms in total. The Balaban J connectivity index is 1.80. The molecule has 0 fully saturated rings. The first-order valence-electron chi connectivity index (χ1n) is 7.74. The van der Waals surface area contributed by atoms with E-state index >= 15 is 0 Å². The molecule has 0 aliphatic rings. The molecule has 116 valence electrons. The van der Waals surface area contributed by atoms with Crippen molar-refractivity contribution in [2.24, 2.45) is 0 Å². The van der Waals surface area contributed by atoms with Gasteiger partial charge in [-0.25, -0.2) is 0 Å². The summed E-state index contributed by atoms with van der Waals surface area (Å²) in [6.07, 6.45) is 1.70. The molecule has 0 saturated carbocycles. The first-order valence-corrected chi connectivity index (χ1v) is 7.74. The number of benzene rings is 2.